The molecule has 1 saturated heterocycles. The topological polar surface area (TPSA) is 53.6 Å². The molecule has 2 rings (SSSR count). The zero-order valence-electron chi connectivity index (χ0n) is 13.6. The van der Waals surface area contributed by atoms with Crippen molar-refractivity contribution in [3.05, 3.63) is 29.8 Å². The van der Waals surface area contributed by atoms with Gasteiger partial charge >= 0.3 is 0 Å². The van der Waals surface area contributed by atoms with Crippen LogP contribution in [0.4, 0.5) is 0 Å². The summed E-state index contributed by atoms with van der Waals surface area (Å²) in [7, 11) is 1.65. The Hall–Kier alpha value is -1.59. The van der Waals surface area contributed by atoms with E-state index in [4.69, 9.17) is 4.74 Å². The smallest absolute Gasteiger partial charge is 0.234 e. The molecule has 1 aromatic carbocycles. The zero-order chi connectivity index (χ0) is 15.8. The number of rotatable bonds is 8. The molecule has 0 spiro atoms. The van der Waals surface area contributed by atoms with E-state index in [1.807, 2.05) is 24.3 Å². The van der Waals surface area contributed by atoms with Crippen LogP contribution in [-0.4, -0.2) is 50.1 Å². The zero-order valence-corrected chi connectivity index (χ0v) is 13.6. The van der Waals surface area contributed by atoms with E-state index in [2.05, 4.69) is 22.5 Å². The summed E-state index contributed by atoms with van der Waals surface area (Å²) in [5.74, 6) is 0.902. The van der Waals surface area contributed by atoms with Gasteiger partial charge in [0.05, 0.1) is 13.7 Å². The number of nitrogens with one attached hydrogen (secondary N) is 2. The van der Waals surface area contributed by atoms with E-state index in [-0.39, 0.29) is 5.91 Å². The van der Waals surface area contributed by atoms with E-state index >= 15 is 0 Å². The molecule has 0 bridgehead atoms. The predicted octanol–water partition coefficient (Wildman–Crippen LogP) is 1.39. The lowest BCUT2D eigenvalue weighted by atomic mass is 10.2. The molecule has 1 amide bonds. The Balaban J connectivity index is 1.82. The van der Waals surface area contributed by atoms with Crippen LogP contribution in [0.15, 0.2) is 24.3 Å². The lowest BCUT2D eigenvalue weighted by Gasteiger charge is -2.27. The first-order valence-electron chi connectivity index (χ1n) is 8.07. The lowest BCUT2D eigenvalue weighted by molar-refractivity contribution is -0.122. The summed E-state index contributed by atoms with van der Waals surface area (Å²) in [6.07, 6.45) is 2.20. The van der Waals surface area contributed by atoms with Gasteiger partial charge in [-0.25, -0.2) is 0 Å². The van der Waals surface area contributed by atoms with E-state index in [0.29, 0.717) is 19.1 Å². The van der Waals surface area contributed by atoms with Gasteiger partial charge in [-0.1, -0.05) is 19.1 Å². The molecule has 0 radical (unpaired) electrons. The second-order valence-electron chi connectivity index (χ2n) is 5.75. The third kappa shape index (κ3) is 5.00. The molecule has 5 heteroatoms. The van der Waals surface area contributed by atoms with Crippen LogP contribution >= 0.6 is 0 Å². The van der Waals surface area contributed by atoms with Crippen LogP contribution in [-0.2, 0) is 11.3 Å². The first kappa shape index (κ1) is 16.8. The lowest BCUT2D eigenvalue weighted by Crippen LogP contribution is -2.44. The SMILES string of the molecule is CCCN(CC(=O)NCc1cccc(OC)c1)C1CCNC1. The Morgan fingerprint density at radius 3 is 3.05 bits per heavy atom. The van der Waals surface area contributed by atoms with Gasteiger partial charge in [0.25, 0.3) is 0 Å². The van der Waals surface area contributed by atoms with E-state index < -0.39 is 0 Å². The Morgan fingerprint density at radius 1 is 1.50 bits per heavy atom. The summed E-state index contributed by atoms with van der Waals surface area (Å²) in [6.45, 7) is 6.19. The van der Waals surface area contributed by atoms with Crippen LogP contribution < -0.4 is 15.4 Å². The van der Waals surface area contributed by atoms with Crippen molar-refractivity contribution in [1.82, 2.24) is 15.5 Å². The molecule has 0 aromatic heterocycles. The maximum absolute atomic E-state index is 12.2. The molecule has 1 fully saturated rings. The summed E-state index contributed by atoms with van der Waals surface area (Å²) in [6, 6.07) is 8.27. The van der Waals surface area contributed by atoms with Gasteiger partial charge in [0.1, 0.15) is 5.75 Å². The number of amides is 1. The first-order chi connectivity index (χ1) is 10.7. The number of carbonyl (C=O) groups is 1. The molecule has 1 heterocycles. The van der Waals surface area contributed by atoms with Crippen LogP contribution in [0.5, 0.6) is 5.75 Å². The molecule has 1 aliphatic rings. The van der Waals surface area contributed by atoms with Gasteiger partial charge in [0.2, 0.25) is 5.91 Å². The standard InChI is InChI=1S/C17H27N3O2/c1-3-9-20(15-7-8-18-12-15)13-17(21)19-11-14-5-4-6-16(10-14)22-2/h4-6,10,15,18H,3,7-9,11-13H2,1-2H3,(H,19,21). The second-order valence-corrected chi connectivity index (χ2v) is 5.75. The second kappa shape index (κ2) is 8.76. The minimum atomic E-state index is 0.0863. The Kier molecular flexibility index (Phi) is 6.68. The fourth-order valence-corrected chi connectivity index (χ4v) is 2.85. The Bertz CT molecular complexity index is 473. The van der Waals surface area contributed by atoms with Crippen molar-refractivity contribution in [2.24, 2.45) is 0 Å². The van der Waals surface area contributed by atoms with Crippen molar-refractivity contribution in [2.75, 3.05) is 33.3 Å². The fraction of sp³-hybridized carbons (Fsp3) is 0.588. The average molecular weight is 305 g/mol. The number of methoxy groups -OCH3 is 1. The molecule has 1 aromatic rings. The maximum atomic E-state index is 12.2. The van der Waals surface area contributed by atoms with Crippen molar-refractivity contribution in [3.63, 3.8) is 0 Å². The van der Waals surface area contributed by atoms with Gasteiger partial charge in [0.15, 0.2) is 0 Å². The van der Waals surface area contributed by atoms with E-state index in [1.54, 1.807) is 7.11 Å². The quantitative estimate of drug-likeness (QED) is 0.762. The number of benzene rings is 1. The minimum absolute atomic E-state index is 0.0863. The molecule has 1 aliphatic heterocycles. The van der Waals surface area contributed by atoms with Gasteiger partial charge in [-0.3, -0.25) is 9.69 Å². The summed E-state index contributed by atoms with van der Waals surface area (Å²) in [5.41, 5.74) is 1.05. The van der Waals surface area contributed by atoms with Crippen molar-refractivity contribution < 1.29 is 9.53 Å². The van der Waals surface area contributed by atoms with Gasteiger partial charge in [-0.05, 0) is 43.6 Å². The van der Waals surface area contributed by atoms with Crippen molar-refractivity contribution in [2.45, 2.75) is 32.4 Å². The Morgan fingerprint density at radius 2 is 2.36 bits per heavy atom. The molecule has 0 saturated carbocycles. The molecule has 0 aliphatic carbocycles. The highest BCUT2D eigenvalue weighted by molar-refractivity contribution is 5.78. The van der Waals surface area contributed by atoms with E-state index in [1.165, 1.54) is 0 Å². The molecule has 1 unspecified atom stereocenters. The van der Waals surface area contributed by atoms with Gasteiger partial charge in [0, 0.05) is 19.1 Å². The average Bonchev–Trinajstić information content (AvgIpc) is 3.07. The van der Waals surface area contributed by atoms with Gasteiger partial charge in [-0.2, -0.15) is 0 Å². The summed E-state index contributed by atoms with van der Waals surface area (Å²) >= 11 is 0. The highest BCUT2D eigenvalue weighted by atomic mass is 16.5. The number of hydrogen-bond acceptors (Lipinski definition) is 4. The minimum Gasteiger partial charge on any atom is -0.497 e. The molecule has 1 atom stereocenters. The Labute approximate surface area is 133 Å². The van der Waals surface area contributed by atoms with Crippen LogP contribution in [0.3, 0.4) is 0 Å². The summed E-state index contributed by atoms with van der Waals surface area (Å²) in [4.78, 5) is 14.5. The van der Waals surface area contributed by atoms with Crippen LogP contribution in [0, 0.1) is 0 Å². The molecule has 2 N–H and O–H groups in total. The van der Waals surface area contributed by atoms with Gasteiger partial charge in [-0.15, -0.1) is 0 Å². The molecule has 5 nitrogen and oxygen atoms in total. The monoisotopic (exact) mass is 305 g/mol. The maximum Gasteiger partial charge on any atom is 0.234 e. The molecule has 22 heavy (non-hydrogen) atoms. The van der Waals surface area contributed by atoms with Crippen molar-refractivity contribution in [1.29, 1.82) is 0 Å². The van der Waals surface area contributed by atoms with Crippen LogP contribution in [0.2, 0.25) is 0 Å². The molecule has 122 valence electrons. The number of hydrogen-bond donors (Lipinski definition) is 2. The number of carbonyl (C=O) groups excluding carboxylic acids is 1. The highest BCUT2D eigenvalue weighted by Gasteiger charge is 2.23. The van der Waals surface area contributed by atoms with Crippen molar-refractivity contribution >= 4 is 5.91 Å². The van der Waals surface area contributed by atoms with E-state index in [0.717, 1.165) is 43.8 Å². The third-order valence-corrected chi connectivity index (χ3v) is 4.03. The van der Waals surface area contributed by atoms with Crippen molar-refractivity contribution in [3.8, 4) is 5.75 Å². The number of nitrogens with zero attached hydrogens (tertiary/aromatic N) is 1. The number of ether oxygens (including phenoxy) is 1. The third-order valence-electron chi connectivity index (χ3n) is 4.03. The van der Waals surface area contributed by atoms with Crippen LogP contribution in [0.1, 0.15) is 25.3 Å². The molecular formula is C17H27N3O2. The van der Waals surface area contributed by atoms with Crippen LogP contribution in [0.25, 0.3) is 0 Å². The molecular weight excluding hydrogens is 278 g/mol. The first-order valence-corrected chi connectivity index (χ1v) is 8.07. The summed E-state index contributed by atoms with van der Waals surface area (Å²) < 4.78 is 5.20. The predicted molar refractivity (Wildman–Crippen MR) is 88.0 cm³/mol. The summed E-state index contributed by atoms with van der Waals surface area (Å²) in [5, 5.41) is 6.37. The normalized spacial score (nSPS) is 17.7. The van der Waals surface area contributed by atoms with E-state index in [9.17, 15) is 4.79 Å². The van der Waals surface area contributed by atoms with Gasteiger partial charge < -0.3 is 15.4 Å². The fourth-order valence-electron chi connectivity index (χ4n) is 2.85. The highest BCUT2D eigenvalue weighted by Crippen LogP contribution is 2.12. The largest absolute Gasteiger partial charge is 0.497 e.